The number of hydrogen-bond donors (Lipinski definition) is 3. The van der Waals surface area contributed by atoms with E-state index in [2.05, 4.69) is 10.3 Å². The molecule has 1 aliphatic heterocycles. The van der Waals surface area contributed by atoms with E-state index in [4.69, 9.17) is 15.9 Å². The fraction of sp³-hybridized carbons (Fsp3) is 0.222. The van der Waals surface area contributed by atoms with Crippen molar-refractivity contribution in [1.29, 1.82) is 5.41 Å². The topological polar surface area (TPSA) is 118 Å². The number of pyridine rings is 1. The smallest absolute Gasteiger partial charge is 0.230 e. The summed E-state index contributed by atoms with van der Waals surface area (Å²) >= 11 is 0. The van der Waals surface area contributed by atoms with E-state index in [-0.39, 0.29) is 17.8 Å². The number of benzene rings is 1. The number of nitrogens with two attached hydrogens (primary N) is 1. The van der Waals surface area contributed by atoms with Crippen molar-refractivity contribution in [3.8, 4) is 17.0 Å². The summed E-state index contributed by atoms with van der Waals surface area (Å²) in [6.45, 7) is 0.320. The predicted octanol–water partition coefficient (Wildman–Crippen LogP) is 1.12. The molecule has 0 saturated carbocycles. The third-order valence-electron chi connectivity index (χ3n) is 4.06. The molecular formula is C18H18N4O3. The zero-order valence-corrected chi connectivity index (χ0v) is 13.4. The van der Waals surface area contributed by atoms with Crippen molar-refractivity contribution >= 4 is 18.0 Å². The number of aldehydes is 1. The second-order valence-corrected chi connectivity index (χ2v) is 5.86. The number of nitrogen functional groups attached to an aromatic ring is 1. The van der Waals surface area contributed by atoms with Crippen LogP contribution in [-0.2, 0) is 9.59 Å². The van der Waals surface area contributed by atoms with Gasteiger partial charge in [0.25, 0.3) is 0 Å². The molecule has 0 spiro atoms. The van der Waals surface area contributed by atoms with Gasteiger partial charge < -0.3 is 20.6 Å². The number of ether oxygens (including phenoxy) is 1. The third-order valence-corrected chi connectivity index (χ3v) is 4.06. The Kier molecular flexibility index (Phi) is 4.74. The monoisotopic (exact) mass is 338 g/mol. The molecule has 0 radical (unpaired) electrons. The van der Waals surface area contributed by atoms with Gasteiger partial charge in [0.15, 0.2) is 0 Å². The molecule has 1 aromatic carbocycles. The Labute approximate surface area is 144 Å². The van der Waals surface area contributed by atoms with Gasteiger partial charge >= 0.3 is 0 Å². The molecule has 2 atom stereocenters. The molecule has 0 bridgehead atoms. The molecule has 1 aromatic heterocycles. The summed E-state index contributed by atoms with van der Waals surface area (Å²) in [5.41, 5.74) is 7.68. The zero-order valence-electron chi connectivity index (χ0n) is 13.4. The average Bonchev–Trinajstić information content (AvgIpc) is 3.00. The second-order valence-electron chi connectivity index (χ2n) is 5.86. The number of nitrogens with zero attached hydrogens (tertiary/aromatic N) is 1. The van der Waals surface area contributed by atoms with Crippen LogP contribution in [0.2, 0.25) is 0 Å². The molecule has 1 amide bonds. The van der Waals surface area contributed by atoms with Crippen molar-refractivity contribution in [2.24, 2.45) is 11.7 Å². The van der Waals surface area contributed by atoms with Crippen LogP contribution in [-0.4, -0.2) is 35.7 Å². The number of carbonyl (C=O) groups is 2. The van der Waals surface area contributed by atoms with Crippen molar-refractivity contribution < 1.29 is 14.3 Å². The Bertz CT molecular complexity index is 787. The molecule has 7 heteroatoms. The number of amidine groups is 1. The van der Waals surface area contributed by atoms with Crippen LogP contribution in [0.15, 0.2) is 42.6 Å². The first kappa shape index (κ1) is 16.6. The molecule has 3 rings (SSSR count). The fourth-order valence-electron chi connectivity index (χ4n) is 2.65. The summed E-state index contributed by atoms with van der Waals surface area (Å²) in [7, 11) is 0. The Morgan fingerprint density at radius 1 is 1.32 bits per heavy atom. The van der Waals surface area contributed by atoms with Crippen LogP contribution < -0.4 is 15.8 Å². The summed E-state index contributed by atoms with van der Waals surface area (Å²) in [6, 6.07) is 10.8. The number of nitrogens with one attached hydrogen (secondary N) is 2. The van der Waals surface area contributed by atoms with Gasteiger partial charge in [-0.2, -0.15) is 0 Å². The summed E-state index contributed by atoms with van der Waals surface area (Å²) in [4.78, 5) is 26.5. The molecular weight excluding hydrogens is 320 g/mol. The molecule has 4 N–H and O–H groups in total. The van der Waals surface area contributed by atoms with Gasteiger partial charge in [-0.3, -0.25) is 15.2 Å². The lowest BCUT2D eigenvalue weighted by atomic mass is 10.1. The Morgan fingerprint density at radius 3 is 2.64 bits per heavy atom. The van der Waals surface area contributed by atoms with Crippen LogP contribution in [0, 0.1) is 11.3 Å². The first-order chi connectivity index (χ1) is 12.1. The standard InChI is InChI=1S/C18H18N4O3/c19-17(20)12-3-6-16(21-8-12)11-1-4-15(5-2-11)25-10-14-7-13(9-23)18(24)22-14/h1-6,8-9,13-14H,7,10H2,(H3,19,20)(H,22,24). The molecule has 25 heavy (non-hydrogen) atoms. The van der Waals surface area contributed by atoms with Crippen molar-refractivity contribution in [3.05, 3.63) is 48.2 Å². The predicted molar refractivity (Wildman–Crippen MR) is 92.3 cm³/mol. The van der Waals surface area contributed by atoms with E-state index in [1.54, 1.807) is 18.3 Å². The quantitative estimate of drug-likeness (QED) is 0.316. The summed E-state index contributed by atoms with van der Waals surface area (Å²) < 4.78 is 5.68. The molecule has 2 aromatic rings. The first-order valence-electron chi connectivity index (χ1n) is 7.86. The fourth-order valence-corrected chi connectivity index (χ4v) is 2.65. The van der Waals surface area contributed by atoms with E-state index >= 15 is 0 Å². The third kappa shape index (κ3) is 3.82. The van der Waals surface area contributed by atoms with Gasteiger partial charge in [0.05, 0.1) is 17.7 Å². The first-order valence-corrected chi connectivity index (χ1v) is 7.86. The molecule has 2 unspecified atom stereocenters. The Hall–Kier alpha value is -3.22. The normalized spacial score (nSPS) is 19.3. The van der Waals surface area contributed by atoms with E-state index in [0.29, 0.717) is 30.6 Å². The van der Waals surface area contributed by atoms with Crippen molar-refractivity contribution in [1.82, 2.24) is 10.3 Å². The maximum atomic E-state index is 11.5. The van der Waals surface area contributed by atoms with E-state index < -0.39 is 5.92 Å². The summed E-state index contributed by atoms with van der Waals surface area (Å²) in [5.74, 6) is -0.148. The van der Waals surface area contributed by atoms with Gasteiger partial charge in [0.2, 0.25) is 5.91 Å². The lowest BCUT2D eigenvalue weighted by Gasteiger charge is -2.12. The largest absolute Gasteiger partial charge is 0.491 e. The van der Waals surface area contributed by atoms with E-state index in [1.807, 2.05) is 24.3 Å². The maximum absolute atomic E-state index is 11.5. The number of amides is 1. The minimum absolute atomic E-state index is 0.0152. The van der Waals surface area contributed by atoms with Crippen molar-refractivity contribution in [2.45, 2.75) is 12.5 Å². The number of carbonyl (C=O) groups excluding carboxylic acids is 2. The van der Waals surface area contributed by atoms with E-state index in [1.165, 1.54) is 0 Å². The van der Waals surface area contributed by atoms with Gasteiger partial charge in [-0.05, 0) is 42.8 Å². The lowest BCUT2D eigenvalue weighted by Crippen LogP contribution is -2.31. The molecule has 0 aliphatic carbocycles. The van der Waals surface area contributed by atoms with Crippen LogP contribution in [0.25, 0.3) is 11.3 Å². The summed E-state index contributed by atoms with van der Waals surface area (Å²) in [6.07, 6.45) is 2.70. The molecule has 128 valence electrons. The number of aromatic nitrogens is 1. The van der Waals surface area contributed by atoms with Crippen molar-refractivity contribution in [2.75, 3.05) is 6.61 Å². The van der Waals surface area contributed by atoms with Crippen LogP contribution in [0.3, 0.4) is 0 Å². The Morgan fingerprint density at radius 2 is 2.08 bits per heavy atom. The van der Waals surface area contributed by atoms with Crippen LogP contribution in [0.5, 0.6) is 5.75 Å². The van der Waals surface area contributed by atoms with E-state index in [9.17, 15) is 9.59 Å². The molecule has 7 nitrogen and oxygen atoms in total. The van der Waals surface area contributed by atoms with Gasteiger partial charge in [-0.15, -0.1) is 0 Å². The van der Waals surface area contributed by atoms with Gasteiger partial charge in [-0.1, -0.05) is 0 Å². The average molecular weight is 338 g/mol. The highest BCUT2D eigenvalue weighted by Gasteiger charge is 2.31. The van der Waals surface area contributed by atoms with Crippen LogP contribution in [0.1, 0.15) is 12.0 Å². The SMILES string of the molecule is N=C(N)c1ccc(-c2ccc(OCC3CC(C=O)C(=O)N3)cc2)nc1. The minimum Gasteiger partial charge on any atom is -0.491 e. The molecule has 2 heterocycles. The molecule has 1 fully saturated rings. The second kappa shape index (κ2) is 7.12. The van der Waals surface area contributed by atoms with Crippen LogP contribution >= 0.6 is 0 Å². The Balaban J connectivity index is 1.60. The summed E-state index contributed by atoms with van der Waals surface area (Å²) in [5, 5.41) is 10.1. The van der Waals surface area contributed by atoms with Crippen molar-refractivity contribution in [3.63, 3.8) is 0 Å². The highest BCUT2D eigenvalue weighted by atomic mass is 16.5. The number of rotatable bonds is 6. The van der Waals surface area contributed by atoms with E-state index in [0.717, 1.165) is 11.3 Å². The van der Waals surface area contributed by atoms with Gasteiger partial charge in [0, 0.05) is 17.3 Å². The van der Waals surface area contributed by atoms with Gasteiger partial charge in [-0.25, -0.2) is 0 Å². The van der Waals surface area contributed by atoms with Gasteiger partial charge in [0.1, 0.15) is 24.5 Å². The highest BCUT2D eigenvalue weighted by Crippen LogP contribution is 2.22. The number of hydrogen-bond acceptors (Lipinski definition) is 5. The zero-order chi connectivity index (χ0) is 17.8. The highest BCUT2D eigenvalue weighted by molar-refractivity contribution is 5.95. The maximum Gasteiger partial charge on any atom is 0.230 e. The van der Waals surface area contributed by atoms with Crippen LogP contribution in [0.4, 0.5) is 0 Å². The lowest BCUT2D eigenvalue weighted by molar-refractivity contribution is -0.126. The molecule has 1 aliphatic rings. The minimum atomic E-state index is -0.569. The molecule has 1 saturated heterocycles.